The molecule has 0 saturated carbocycles. The first kappa shape index (κ1) is 11.4. The average molecular weight is 255 g/mol. The number of rotatable bonds is 4. The minimum absolute atomic E-state index is 0.143. The molecule has 0 aromatic heterocycles. The van der Waals surface area contributed by atoms with Crippen molar-refractivity contribution in [3.05, 3.63) is 46.5 Å². The molecule has 1 atom stereocenters. The highest BCUT2D eigenvalue weighted by molar-refractivity contribution is 9.10. The van der Waals surface area contributed by atoms with Crippen molar-refractivity contribution in [3.8, 4) is 0 Å². The molecule has 0 saturated heterocycles. The predicted octanol–water partition coefficient (Wildman–Crippen LogP) is 2.84. The Morgan fingerprint density at radius 1 is 1.64 bits per heavy atom. The number of hydrogen-bond acceptors (Lipinski definition) is 2. The molecule has 1 aromatic rings. The first-order valence-electron chi connectivity index (χ1n) is 4.52. The lowest BCUT2D eigenvalue weighted by Crippen LogP contribution is -2.27. The summed E-state index contributed by atoms with van der Waals surface area (Å²) in [5.74, 6) is 5.47. The number of halogens is 1. The van der Waals surface area contributed by atoms with Crippen molar-refractivity contribution in [1.82, 2.24) is 5.43 Å². The molecule has 76 valence electrons. The van der Waals surface area contributed by atoms with Gasteiger partial charge in [0.1, 0.15) is 0 Å². The zero-order valence-corrected chi connectivity index (χ0v) is 9.84. The number of benzene rings is 1. The Labute approximate surface area is 93.3 Å². The van der Waals surface area contributed by atoms with Gasteiger partial charge >= 0.3 is 0 Å². The van der Waals surface area contributed by atoms with E-state index in [1.54, 1.807) is 0 Å². The third-order valence-electron chi connectivity index (χ3n) is 2.20. The highest BCUT2D eigenvalue weighted by atomic mass is 79.9. The lowest BCUT2D eigenvalue weighted by Gasteiger charge is -2.15. The van der Waals surface area contributed by atoms with Gasteiger partial charge in [0.2, 0.25) is 0 Å². The van der Waals surface area contributed by atoms with Crippen molar-refractivity contribution in [2.75, 3.05) is 0 Å². The van der Waals surface area contributed by atoms with Crippen LogP contribution in [0.1, 0.15) is 23.6 Å². The number of nitrogens with one attached hydrogen (secondary N) is 1. The van der Waals surface area contributed by atoms with Crippen LogP contribution >= 0.6 is 15.9 Å². The monoisotopic (exact) mass is 254 g/mol. The molecule has 0 aliphatic carbocycles. The molecule has 2 nitrogen and oxygen atoms in total. The normalized spacial score (nSPS) is 12.5. The van der Waals surface area contributed by atoms with Crippen molar-refractivity contribution in [1.29, 1.82) is 0 Å². The maximum Gasteiger partial charge on any atom is 0.0494 e. The Morgan fingerprint density at radius 3 is 2.86 bits per heavy atom. The summed E-state index contributed by atoms with van der Waals surface area (Å²) >= 11 is 3.50. The number of hydrogen-bond donors (Lipinski definition) is 2. The molecule has 0 heterocycles. The fourth-order valence-electron chi connectivity index (χ4n) is 1.29. The van der Waals surface area contributed by atoms with E-state index in [1.165, 1.54) is 11.1 Å². The third kappa shape index (κ3) is 2.67. The molecule has 1 aromatic carbocycles. The fraction of sp³-hybridized carbons (Fsp3) is 0.273. The Hall–Kier alpha value is -0.640. The van der Waals surface area contributed by atoms with Gasteiger partial charge in [-0.2, -0.15) is 0 Å². The molecule has 0 fully saturated rings. The molecule has 0 bridgehead atoms. The molecular weight excluding hydrogens is 240 g/mol. The van der Waals surface area contributed by atoms with Crippen molar-refractivity contribution in [3.63, 3.8) is 0 Å². The van der Waals surface area contributed by atoms with E-state index in [9.17, 15) is 0 Å². The second kappa shape index (κ2) is 5.29. The van der Waals surface area contributed by atoms with Crippen LogP contribution in [0.25, 0.3) is 0 Å². The smallest absolute Gasteiger partial charge is 0.0494 e. The predicted molar refractivity (Wildman–Crippen MR) is 63.8 cm³/mol. The van der Waals surface area contributed by atoms with Crippen molar-refractivity contribution in [2.45, 2.75) is 19.4 Å². The van der Waals surface area contributed by atoms with E-state index >= 15 is 0 Å². The van der Waals surface area contributed by atoms with Gasteiger partial charge in [-0.05, 0) is 30.5 Å². The summed E-state index contributed by atoms with van der Waals surface area (Å²) in [6, 6.07) is 6.38. The van der Waals surface area contributed by atoms with Gasteiger partial charge in [0.15, 0.2) is 0 Å². The van der Waals surface area contributed by atoms with Crippen LogP contribution in [0.5, 0.6) is 0 Å². The van der Waals surface area contributed by atoms with Gasteiger partial charge in [-0.25, -0.2) is 0 Å². The summed E-state index contributed by atoms with van der Waals surface area (Å²) in [6.45, 7) is 5.77. The minimum atomic E-state index is 0.143. The summed E-state index contributed by atoms with van der Waals surface area (Å²) in [6.07, 6.45) is 2.68. The molecule has 0 amide bonds. The topological polar surface area (TPSA) is 38.0 Å². The highest BCUT2D eigenvalue weighted by Gasteiger charge is 2.08. The Bertz CT molecular complexity index is 323. The van der Waals surface area contributed by atoms with Crippen LogP contribution in [0.3, 0.4) is 0 Å². The molecule has 1 unspecified atom stereocenters. The quantitative estimate of drug-likeness (QED) is 0.493. The van der Waals surface area contributed by atoms with Gasteiger partial charge in [0, 0.05) is 10.5 Å². The lowest BCUT2D eigenvalue weighted by molar-refractivity contribution is 0.561. The molecule has 3 N–H and O–H groups in total. The summed E-state index contributed by atoms with van der Waals surface area (Å²) in [4.78, 5) is 0. The first-order valence-corrected chi connectivity index (χ1v) is 5.31. The molecule has 0 aliphatic heterocycles. The lowest BCUT2D eigenvalue weighted by atomic mass is 10.0. The van der Waals surface area contributed by atoms with E-state index in [1.807, 2.05) is 6.08 Å². The second-order valence-electron chi connectivity index (χ2n) is 3.25. The zero-order chi connectivity index (χ0) is 10.6. The van der Waals surface area contributed by atoms with E-state index in [4.69, 9.17) is 5.84 Å². The van der Waals surface area contributed by atoms with Gasteiger partial charge in [-0.1, -0.05) is 34.1 Å². The fourth-order valence-corrected chi connectivity index (χ4v) is 1.69. The van der Waals surface area contributed by atoms with Crippen LogP contribution in [-0.2, 0) is 0 Å². The first-order chi connectivity index (χ1) is 6.69. The molecule has 0 aliphatic rings. The summed E-state index contributed by atoms with van der Waals surface area (Å²) in [7, 11) is 0. The third-order valence-corrected chi connectivity index (χ3v) is 3.06. The van der Waals surface area contributed by atoms with Crippen LogP contribution < -0.4 is 11.3 Å². The second-order valence-corrected chi connectivity index (χ2v) is 4.11. The highest BCUT2D eigenvalue weighted by Crippen LogP contribution is 2.23. The molecule has 3 heteroatoms. The molecule has 14 heavy (non-hydrogen) atoms. The molecular formula is C11H15BrN2. The van der Waals surface area contributed by atoms with Gasteiger partial charge < -0.3 is 0 Å². The van der Waals surface area contributed by atoms with Crippen LogP contribution in [0, 0.1) is 6.92 Å². The van der Waals surface area contributed by atoms with Crippen LogP contribution in [-0.4, -0.2) is 0 Å². The maximum atomic E-state index is 5.47. The van der Waals surface area contributed by atoms with Gasteiger partial charge in [0.05, 0.1) is 0 Å². The van der Waals surface area contributed by atoms with E-state index < -0.39 is 0 Å². The standard InChI is InChI=1S/C11H15BrN2/c1-3-4-11(14-13)9-6-5-8(2)10(12)7-9/h3,5-7,11,14H,1,4,13H2,2H3. The molecule has 1 rings (SSSR count). The Kier molecular flexibility index (Phi) is 4.32. The SMILES string of the molecule is C=CCC(NN)c1ccc(C)c(Br)c1. The summed E-state index contributed by atoms with van der Waals surface area (Å²) < 4.78 is 1.11. The van der Waals surface area contributed by atoms with E-state index in [2.05, 4.69) is 53.1 Å². The van der Waals surface area contributed by atoms with Gasteiger partial charge in [0.25, 0.3) is 0 Å². The zero-order valence-electron chi connectivity index (χ0n) is 8.26. The van der Waals surface area contributed by atoms with E-state index in [0.717, 1.165) is 10.9 Å². The summed E-state index contributed by atoms with van der Waals surface area (Å²) in [5.41, 5.74) is 5.17. The van der Waals surface area contributed by atoms with Crippen LogP contribution in [0.2, 0.25) is 0 Å². The van der Waals surface area contributed by atoms with E-state index in [0.29, 0.717) is 0 Å². The van der Waals surface area contributed by atoms with Crippen molar-refractivity contribution < 1.29 is 0 Å². The van der Waals surface area contributed by atoms with Gasteiger partial charge in [-0.15, -0.1) is 6.58 Å². The number of aryl methyl sites for hydroxylation is 1. The minimum Gasteiger partial charge on any atom is -0.271 e. The maximum absolute atomic E-state index is 5.47. The Balaban J connectivity index is 2.93. The van der Waals surface area contributed by atoms with Crippen LogP contribution in [0.4, 0.5) is 0 Å². The van der Waals surface area contributed by atoms with Crippen molar-refractivity contribution in [2.24, 2.45) is 5.84 Å². The Morgan fingerprint density at radius 2 is 2.36 bits per heavy atom. The summed E-state index contributed by atoms with van der Waals surface area (Å²) in [5, 5.41) is 0. The number of nitrogens with two attached hydrogens (primary N) is 1. The largest absolute Gasteiger partial charge is 0.271 e. The van der Waals surface area contributed by atoms with E-state index in [-0.39, 0.29) is 6.04 Å². The van der Waals surface area contributed by atoms with Crippen LogP contribution in [0.15, 0.2) is 35.3 Å². The van der Waals surface area contributed by atoms with Crippen molar-refractivity contribution >= 4 is 15.9 Å². The number of hydrazine groups is 1. The van der Waals surface area contributed by atoms with Gasteiger partial charge in [-0.3, -0.25) is 11.3 Å². The average Bonchev–Trinajstić information content (AvgIpc) is 2.19. The molecule has 0 spiro atoms. The molecule has 0 radical (unpaired) electrons.